The Hall–Kier alpha value is -0.610. The van der Waals surface area contributed by atoms with Crippen LogP contribution in [0.3, 0.4) is 0 Å². The molecule has 3 rings (SSSR count). The average Bonchev–Trinajstić information content (AvgIpc) is 2.88. The Balaban J connectivity index is 1.75. The van der Waals surface area contributed by atoms with Crippen LogP contribution in [0.25, 0.3) is 0 Å². The Bertz CT molecular complexity index is 331. The minimum absolute atomic E-state index is 0.0174. The van der Waals surface area contributed by atoms with E-state index in [2.05, 4.69) is 5.32 Å². The number of carbonyl (C=O) groups excluding carboxylic acids is 1. The number of amides is 1. The highest BCUT2D eigenvalue weighted by Gasteiger charge is 2.60. The largest absolute Gasteiger partial charge is 0.391 e. The molecule has 3 aliphatic rings. The summed E-state index contributed by atoms with van der Waals surface area (Å²) in [6, 6.07) is 0.130. The average molecular weight is 238 g/mol. The predicted molar refractivity (Wildman–Crippen MR) is 64.3 cm³/mol. The van der Waals surface area contributed by atoms with Gasteiger partial charge in [-0.25, -0.2) is 0 Å². The standard InChI is InChI=1S/C13H22N2O2/c1-7(5-14-2)13(17)15-6-9-3-8-4-10(9)11(15)12(8)16/h7-12,14,16H,3-6H2,1-2H3. The van der Waals surface area contributed by atoms with E-state index in [1.807, 2.05) is 18.9 Å². The Morgan fingerprint density at radius 3 is 2.88 bits per heavy atom. The number of nitrogens with zero attached hydrogens (tertiary/aromatic N) is 1. The minimum atomic E-state index is -0.260. The van der Waals surface area contributed by atoms with E-state index in [-0.39, 0.29) is 24.0 Å². The van der Waals surface area contributed by atoms with E-state index >= 15 is 0 Å². The molecule has 2 bridgehead atoms. The zero-order valence-electron chi connectivity index (χ0n) is 10.6. The van der Waals surface area contributed by atoms with Crippen LogP contribution in [0.15, 0.2) is 0 Å². The summed E-state index contributed by atoms with van der Waals surface area (Å²) in [5, 5.41) is 13.3. The molecule has 1 amide bonds. The molecule has 96 valence electrons. The first-order chi connectivity index (χ1) is 8.13. The first kappa shape index (κ1) is 11.5. The zero-order chi connectivity index (χ0) is 12.2. The van der Waals surface area contributed by atoms with Gasteiger partial charge in [0.1, 0.15) is 0 Å². The molecule has 2 N–H and O–H groups in total. The van der Waals surface area contributed by atoms with Crippen molar-refractivity contribution in [3.63, 3.8) is 0 Å². The molecule has 1 aliphatic heterocycles. The molecule has 17 heavy (non-hydrogen) atoms. The van der Waals surface area contributed by atoms with Gasteiger partial charge in [-0.1, -0.05) is 6.92 Å². The number of likely N-dealkylation sites (tertiary alicyclic amines) is 1. The maximum Gasteiger partial charge on any atom is 0.227 e. The lowest BCUT2D eigenvalue weighted by atomic mass is 9.88. The maximum atomic E-state index is 12.4. The molecule has 0 aromatic carbocycles. The Morgan fingerprint density at radius 2 is 2.24 bits per heavy atom. The van der Waals surface area contributed by atoms with Crippen LogP contribution in [0, 0.1) is 23.7 Å². The molecule has 6 unspecified atom stereocenters. The molecule has 2 saturated carbocycles. The Kier molecular flexibility index (Phi) is 2.67. The number of aliphatic hydroxyl groups excluding tert-OH is 1. The predicted octanol–water partition coefficient (Wildman–Crippen LogP) is 0.0696. The summed E-state index contributed by atoms with van der Waals surface area (Å²) < 4.78 is 0. The van der Waals surface area contributed by atoms with Crippen molar-refractivity contribution in [3.05, 3.63) is 0 Å². The second-order valence-corrected chi connectivity index (χ2v) is 6.09. The van der Waals surface area contributed by atoms with Crippen LogP contribution < -0.4 is 5.32 Å². The van der Waals surface area contributed by atoms with E-state index in [0.717, 1.165) is 25.9 Å². The number of nitrogens with one attached hydrogen (secondary N) is 1. The summed E-state index contributed by atoms with van der Waals surface area (Å²) >= 11 is 0. The van der Waals surface area contributed by atoms with Crippen LogP contribution in [0.2, 0.25) is 0 Å². The zero-order valence-corrected chi connectivity index (χ0v) is 10.6. The normalized spacial score (nSPS) is 44.4. The van der Waals surface area contributed by atoms with Gasteiger partial charge >= 0.3 is 0 Å². The third kappa shape index (κ3) is 1.54. The fraction of sp³-hybridized carbons (Fsp3) is 0.923. The topological polar surface area (TPSA) is 52.6 Å². The van der Waals surface area contributed by atoms with E-state index in [4.69, 9.17) is 0 Å². The van der Waals surface area contributed by atoms with Crippen molar-refractivity contribution in [1.82, 2.24) is 10.2 Å². The smallest absolute Gasteiger partial charge is 0.227 e. The summed E-state index contributed by atoms with van der Waals surface area (Å²) in [5.41, 5.74) is 0. The molecule has 6 atom stereocenters. The van der Waals surface area contributed by atoms with Gasteiger partial charge in [0.15, 0.2) is 0 Å². The summed E-state index contributed by atoms with van der Waals surface area (Å²) in [6.45, 7) is 3.57. The lowest BCUT2D eigenvalue weighted by molar-refractivity contribution is -0.137. The minimum Gasteiger partial charge on any atom is -0.391 e. The number of aliphatic hydroxyl groups is 1. The molecular weight excluding hydrogens is 216 g/mol. The molecule has 1 heterocycles. The van der Waals surface area contributed by atoms with Crippen molar-refractivity contribution in [1.29, 1.82) is 0 Å². The van der Waals surface area contributed by atoms with Crippen LogP contribution in [0.4, 0.5) is 0 Å². The van der Waals surface area contributed by atoms with Gasteiger partial charge in [-0.05, 0) is 37.6 Å². The molecule has 0 aromatic rings. The van der Waals surface area contributed by atoms with E-state index in [0.29, 0.717) is 17.8 Å². The molecule has 0 aromatic heterocycles. The fourth-order valence-electron chi connectivity index (χ4n) is 4.34. The fourth-order valence-corrected chi connectivity index (χ4v) is 4.34. The van der Waals surface area contributed by atoms with E-state index in [1.165, 1.54) is 0 Å². The summed E-state index contributed by atoms with van der Waals surface area (Å²) in [4.78, 5) is 14.3. The number of carbonyl (C=O) groups is 1. The van der Waals surface area contributed by atoms with Gasteiger partial charge in [0, 0.05) is 19.0 Å². The van der Waals surface area contributed by atoms with Gasteiger partial charge in [-0.2, -0.15) is 0 Å². The van der Waals surface area contributed by atoms with Gasteiger partial charge in [-0.15, -0.1) is 0 Å². The van der Waals surface area contributed by atoms with Gasteiger partial charge in [-0.3, -0.25) is 4.79 Å². The third-order valence-corrected chi connectivity index (χ3v) is 5.06. The molecule has 0 radical (unpaired) electrons. The van der Waals surface area contributed by atoms with Crippen molar-refractivity contribution in [2.75, 3.05) is 20.1 Å². The molecule has 1 saturated heterocycles. The van der Waals surface area contributed by atoms with Crippen LogP contribution in [0.1, 0.15) is 19.8 Å². The molecule has 3 fully saturated rings. The summed E-state index contributed by atoms with van der Waals surface area (Å²) in [7, 11) is 1.87. The number of hydrogen-bond acceptors (Lipinski definition) is 3. The van der Waals surface area contributed by atoms with Crippen molar-refractivity contribution >= 4 is 5.91 Å². The number of hydrogen-bond donors (Lipinski definition) is 2. The van der Waals surface area contributed by atoms with E-state index < -0.39 is 0 Å². The van der Waals surface area contributed by atoms with Crippen LogP contribution in [0.5, 0.6) is 0 Å². The van der Waals surface area contributed by atoms with Crippen molar-refractivity contribution in [2.24, 2.45) is 23.7 Å². The molecular formula is C13H22N2O2. The summed E-state index contributed by atoms with van der Waals surface area (Å²) in [6.07, 6.45) is 2.01. The number of rotatable bonds is 3. The van der Waals surface area contributed by atoms with E-state index in [9.17, 15) is 9.90 Å². The second kappa shape index (κ2) is 3.95. The maximum absolute atomic E-state index is 12.4. The van der Waals surface area contributed by atoms with Gasteiger partial charge in [0.05, 0.1) is 12.1 Å². The second-order valence-electron chi connectivity index (χ2n) is 6.09. The highest BCUT2D eigenvalue weighted by atomic mass is 16.3. The van der Waals surface area contributed by atoms with E-state index in [1.54, 1.807) is 0 Å². The lowest BCUT2D eigenvalue weighted by Crippen LogP contribution is -2.46. The molecule has 4 heteroatoms. The van der Waals surface area contributed by atoms with Crippen molar-refractivity contribution < 1.29 is 9.90 Å². The van der Waals surface area contributed by atoms with Crippen LogP contribution in [-0.4, -0.2) is 48.2 Å². The third-order valence-electron chi connectivity index (χ3n) is 5.06. The molecule has 4 nitrogen and oxygen atoms in total. The monoisotopic (exact) mass is 238 g/mol. The van der Waals surface area contributed by atoms with Crippen molar-refractivity contribution in [3.8, 4) is 0 Å². The highest BCUT2D eigenvalue weighted by Crippen LogP contribution is 2.55. The highest BCUT2D eigenvalue weighted by molar-refractivity contribution is 5.79. The Labute approximate surface area is 102 Å². The number of fused-ring (bicyclic) bond motifs is 1. The quantitative estimate of drug-likeness (QED) is 0.731. The van der Waals surface area contributed by atoms with Gasteiger partial charge in [0.25, 0.3) is 0 Å². The van der Waals surface area contributed by atoms with Crippen molar-refractivity contribution in [2.45, 2.75) is 31.9 Å². The first-order valence-corrected chi connectivity index (χ1v) is 6.76. The van der Waals surface area contributed by atoms with Gasteiger partial charge < -0.3 is 15.3 Å². The molecule has 2 aliphatic carbocycles. The first-order valence-electron chi connectivity index (χ1n) is 6.76. The Morgan fingerprint density at radius 1 is 1.47 bits per heavy atom. The van der Waals surface area contributed by atoms with Gasteiger partial charge in [0.2, 0.25) is 5.91 Å². The van der Waals surface area contributed by atoms with Crippen LogP contribution in [-0.2, 0) is 4.79 Å². The lowest BCUT2D eigenvalue weighted by Gasteiger charge is -2.30. The van der Waals surface area contributed by atoms with Crippen LogP contribution >= 0.6 is 0 Å². The summed E-state index contributed by atoms with van der Waals surface area (Å²) in [5.74, 6) is 1.95. The molecule has 0 spiro atoms. The SMILES string of the molecule is CNCC(C)C(=O)N1CC2CC3CC2C1C3O.